The quantitative estimate of drug-likeness (QED) is 0.618. The van der Waals surface area contributed by atoms with E-state index in [0.717, 1.165) is 38.5 Å². The number of nitrogens with one attached hydrogen (secondary N) is 2. The number of carbonyl (C=O) groups excluding carboxylic acids is 2. The number of rotatable bonds is 4. The van der Waals surface area contributed by atoms with Gasteiger partial charge in [0.05, 0.1) is 0 Å². The van der Waals surface area contributed by atoms with E-state index in [0.29, 0.717) is 12.5 Å². The first-order valence-corrected chi connectivity index (χ1v) is 8.43. The molecule has 2 aliphatic carbocycles. The molecule has 2 aliphatic rings. The lowest BCUT2D eigenvalue weighted by Crippen LogP contribution is -2.47. The largest absolute Gasteiger partial charge is 0.348 e. The van der Waals surface area contributed by atoms with Crippen LogP contribution in [0.1, 0.15) is 64.7 Å². The summed E-state index contributed by atoms with van der Waals surface area (Å²) in [6, 6.07) is 0.165. The Morgan fingerprint density at radius 2 is 1.95 bits per heavy atom. The van der Waals surface area contributed by atoms with Crippen LogP contribution in [0.5, 0.6) is 0 Å². The summed E-state index contributed by atoms with van der Waals surface area (Å²) in [4.78, 5) is 23.7. The molecule has 2 amide bonds. The summed E-state index contributed by atoms with van der Waals surface area (Å²) < 4.78 is 0. The van der Waals surface area contributed by atoms with E-state index in [4.69, 9.17) is 0 Å². The van der Waals surface area contributed by atoms with E-state index < -0.39 is 11.8 Å². The molecule has 1 saturated carbocycles. The van der Waals surface area contributed by atoms with Crippen molar-refractivity contribution in [3.8, 4) is 0 Å². The summed E-state index contributed by atoms with van der Waals surface area (Å²) in [5.41, 5.74) is 1.42. The van der Waals surface area contributed by atoms with Crippen LogP contribution in [-0.4, -0.2) is 24.4 Å². The van der Waals surface area contributed by atoms with Gasteiger partial charge in [-0.15, -0.1) is 0 Å². The predicted molar refractivity (Wildman–Crippen MR) is 83.7 cm³/mol. The summed E-state index contributed by atoms with van der Waals surface area (Å²) in [5, 5.41) is 5.63. The fourth-order valence-electron chi connectivity index (χ4n) is 3.31. The topological polar surface area (TPSA) is 58.2 Å². The van der Waals surface area contributed by atoms with Gasteiger partial charge in [-0.1, -0.05) is 31.4 Å². The maximum Gasteiger partial charge on any atom is 0.309 e. The molecule has 0 saturated heterocycles. The summed E-state index contributed by atoms with van der Waals surface area (Å²) >= 11 is 0. The van der Waals surface area contributed by atoms with Crippen molar-refractivity contribution in [1.82, 2.24) is 10.6 Å². The SMILES string of the molecule is C[C@H]1CCCC[C@H]1NC(=O)C(=O)NCCC1=CCCCC1. The third kappa shape index (κ3) is 5.18. The Morgan fingerprint density at radius 3 is 2.67 bits per heavy atom. The summed E-state index contributed by atoms with van der Waals surface area (Å²) in [6.45, 7) is 2.72. The van der Waals surface area contributed by atoms with Crippen LogP contribution < -0.4 is 10.6 Å². The fourth-order valence-corrected chi connectivity index (χ4v) is 3.31. The molecule has 2 N–H and O–H groups in total. The molecule has 0 unspecified atom stereocenters. The molecule has 118 valence electrons. The maximum atomic E-state index is 11.9. The Hall–Kier alpha value is -1.32. The minimum absolute atomic E-state index is 0.165. The van der Waals surface area contributed by atoms with E-state index in [-0.39, 0.29) is 6.04 Å². The predicted octanol–water partition coefficient (Wildman–Crippen LogP) is 2.69. The van der Waals surface area contributed by atoms with Gasteiger partial charge in [0.2, 0.25) is 0 Å². The Labute approximate surface area is 127 Å². The van der Waals surface area contributed by atoms with Crippen LogP contribution in [0, 0.1) is 5.92 Å². The molecule has 0 radical (unpaired) electrons. The van der Waals surface area contributed by atoms with E-state index in [1.165, 1.54) is 24.8 Å². The van der Waals surface area contributed by atoms with Crippen molar-refractivity contribution in [1.29, 1.82) is 0 Å². The third-order valence-electron chi connectivity index (χ3n) is 4.75. The highest BCUT2D eigenvalue weighted by Crippen LogP contribution is 2.23. The van der Waals surface area contributed by atoms with E-state index in [1.54, 1.807) is 0 Å². The molecule has 1 fully saturated rings. The summed E-state index contributed by atoms with van der Waals surface area (Å²) in [5.74, 6) is -0.474. The lowest BCUT2D eigenvalue weighted by molar-refractivity contribution is -0.139. The van der Waals surface area contributed by atoms with Crippen LogP contribution in [0.15, 0.2) is 11.6 Å². The zero-order chi connectivity index (χ0) is 15.1. The normalized spacial score (nSPS) is 25.9. The van der Waals surface area contributed by atoms with Crippen molar-refractivity contribution in [3.63, 3.8) is 0 Å². The van der Waals surface area contributed by atoms with Crippen molar-refractivity contribution in [2.24, 2.45) is 5.92 Å². The molecule has 4 nitrogen and oxygen atoms in total. The van der Waals surface area contributed by atoms with Crippen LogP contribution >= 0.6 is 0 Å². The van der Waals surface area contributed by atoms with Gasteiger partial charge in [0.25, 0.3) is 0 Å². The van der Waals surface area contributed by atoms with Crippen LogP contribution in [0.25, 0.3) is 0 Å². The molecule has 0 aliphatic heterocycles. The van der Waals surface area contributed by atoms with Crippen molar-refractivity contribution >= 4 is 11.8 Å². The highest BCUT2D eigenvalue weighted by molar-refractivity contribution is 6.35. The Morgan fingerprint density at radius 1 is 1.14 bits per heavy atom. The standard InChI is InChI=1S/C17H28N2O2/c1-13-7-5-6-10-15(13)19-17(21)16(20)18-12-11-14-8-3-2-4-9-14/h8,13,15H,2-7,9-12H2,1H3,(H,18,20)(H,19,21)/t13-,15+/m0/s1. The van der Waals surface area contributed by atoms with Gasteiger partial charge in [-0.3, -0.25) is 9.59 Å². The smallest absolute Gasteiger partial charge is 0.309 e. The van der Waals surface area contributed by atoms with Gasteiger partial charge in [-0.05, 0) is 50.9 Å². The first-order valence-electron chi connectivity index (χ1n) is 8.43. The molecule has 0 aromatic heterocycles. The number of carbonyl (C=O) groups is 2. The summed E-state index contributed by atoms with van der Waals surface area (Å²) in [6.07, 6.45) is 12.5. The number of allylic oxidation sites excluding steroid dienone is 1. The second-order valence-corrected chi connectivity index (χ2v) is 6.46. The molecule has 0 heterocycles. The Balaban J connectivity index is 1.67. The molecule has 0 spiro atoms. The van der Waals surface area contributed by atoms with Crippen LogP contribution in [0.4, 0.5) is 0 Å². The maximum absolute atomic E-state index is 11.9. The zero-order valence-electron chi connectivity index (χ0n) is 13.1. The second-order valence-electron chi connectivity index (χ2n) is 6.46. The van der Waals surface area contributed by atoms with Gasteiger partial charge in [0, 0.05) is 12.6 Å². The van der Waals surface area contributed by atoms with Gasteiger partial charge in [-0.2, -0.15) is 0 Å². The van der Waals surface area contributed by atoms with Crippen molar-refractivity contribution in [2.45, 2.75) is 70.8 Å². The number of hydrogen-bond acceptors (Lipinski definition) is 2. The van der Waals surface area contributed by atoms with E-state index in [2.05, 4.69) is 23.6 Å². The lowest BCUT2D eigenvalue weighted by atomic mass is 9.86. The average Bonchev–Trinajstić information content (AvgIpc) is 2.50. The van der Waals surface area contributed by atoms with E-state index >= 15 is 0 Å². The monoisotopic (exact) mass is 292 g/mol. The highest BCUT2D eigenvalue weighted by Gasteiger charge is 2.25. The zero-order valence-corrected chi connectivity index (χ0v) is 13.1. The van der Waals surface area contributed by atoms with E-state index in [1.807, 2.05) is 0 Å². The average molecular weight is 292 g/mol. The van der Waals surface area contributed by atoms with Gasteiger partial charge < -0.3 is 10.6 Å². The highest BCUT2D eigenvalue weighted by atomic mass is 16.2. The Kier molecular flexibility index (Phi) is 6.27. The third-order valence-corrected chi connectivity index (χ3v) is 4.75. The molecule has 0 aromatic rings. The van der Waals surface area contributed by atoms with Crippen LogP contribution in [-0.2, 0) is 9.59 Å². The first-order chi connectivity index (χ1) is 10.2. The lowest BCUT2D eigenvalue weighted by Gasteiger charge is -2.29. The fraction of sp³-hybridized carbons (Fsp3) is 0.765. The Bertz CT molecular complexity index is 404. The van der Waals surface area contributed by atoms with Gasteiger partial charge in [0.15, 0.2) is 0 Å². The number of amides is 2. The van der Waals surface area contributed by atoms with Crippen molar-refractivity contribution in [2.75, 3.05) is 6.54 Å². The van der Waals surface area contributed by atoms with E-state index in [9.17, 15) is 9.59 Å². The molecule has 21 heavy (non-hydrogen) atoms. The molecular weight excluding hydrogens is 264 g/mol. The van der Waals surface area contributed by atoms with Gasteiger partial charge >= 0.3 is 11.8 Å². The van der Waals surface area contributed by atoms with Crippen molar-refractivity contribution < 1.29 is 9.59 Å². The minimum atomic E-state index is -0.482. The molecule has 4 heteroatoms. The molecule has 2 rings (SSSR count). The molecule has 0 aromatic carbocycles. The van der Waals surface area contributed by atoms with Crippen LogP contribution in [0.2, 0.25) is 0 Å². The number of hydrogen-bond donors (Lipinski definition) is 2. The van der Waals surface area contributed by atoms with Gasteiger partial charge in [-0.25, -0.2) is 0 Å². The minimum Gasteiger partial charge on any atom is -0.348 e. The van der Waals surface area contributed by atoms with Crippen LogP contribution in [0.3, 0.4) is 0 Å². The molecule has 2 atom stereocenters. The molecule has 0 bridgehead atoms. The van der Waals surface area contributed by atoms with Gasteiger partial charge in [0.1, 0.15) is 0 Å². The second kappa shape index (κ2) is 8.20. The summed E-state index contributed by atoms with van der Waals surface area (Å²) in [7, 11) is 0. The van der Waals surface area contributed by atoms with Crippen molar-refractivity contribution in [3.05, 3.63) is 11.6 Å². The first kappa shape index (κ1) is 16.1. The molecular formula is C17H28N2O2.